The molecule has 0 aromatic rings. The molecule has 0 atom stereocenters. The van der Waals surface area contributed by atoms with Crippen LogP contribution >= 0.6 is 11.9 Å². The van der Waals surface area contributed by atoms with Crippen LogP contribution in [-0.4, -0.2) is 26.1 Å². The fraction of sp³-hybridized carbons (Fsp3) is 0.500. The Morgan fingerprint density at radius 2 is 2.50 bits per heavy atom. The molecule has 0 saturated carbocycles. The topological polar surface area (TPSA) is 24.7 Å². The Kier molecular flexibility index (Phi) is 4.75. The van der Waals surface area contributed by atoms with Gasteiger partial charge in [-0.3, -0.25) is 4.99 Å². The third-order valence-corrected chi connectivity index (χ3v) is 0.917. The van der Waals surface area contributed by atoms with Gasteiger partial charge in [0.25, 0.3) is 0 Å². The maximum Gasteiger partial charge on any atom is 0.153 e. The Balaban J connectivity index is 3.44. The molecule has 0 aliphatic heterocycles. The third kappa shape index (κ3) is 3.93. The van der Waals surface area contributed by atoms with Crippen LogP contribution in [0.15, 0.2) is 9.39 Å². The zero-order chi connectivity index (χ0) is 6.41. The number of aliphatic imine (C=N–C) groups is 1. The number of hydrogen-bond acceptors (Lipinski definition) is 3. The zero-order valence-electron chi connectivity index (χ0n) is 4.79. The molecule has 0 unspecified atom stereocenters. The lowest BCUT2D eigenvalue weighted by Crippen LogP contribution is -1.87. The van der Waals surface area contributed by atoms with Gasteiger partial charge in [0.2, 0.25) is 0 Å². The minimum Gasteiger partial charge on any atom is -0.293 e. The predicted molar refractivity (Wildman–Crippen MR) is 40.9 cm³/mol. The minimum atomic E-state index is 0.475. The lowest BCUT2D eigenvalue weighted by atomic mass is 10.2. The lowest BCUT2D eigenvalue weighted by molar-refractivity contribution is 1.14. The molecule has 0 bridgehead atoms. The van der Waals surface area contributed by atoms with E-state index in [4.69, 9.17) is 7.85 Å². The summed E-state index contributed by atoms with van der Waals surface area (Å²) in [6.07, 6.45) is 0. The van der Waals surface area contributed by atoms with Crippen LogP contribution in [0.1, 0.15) is 6.92 Å². The molecule has 0 fully saturated rings. The van der Waals surface area contributed by atoms with E-state index in [0.29, 0.717) is 11.5 Å². The first-order valence-electron chi connectivity index (χ1n) is 2.24. The highest BCUT2D eigenvalue weighted by molar-refractivity contribution is 8.15. The molecular formula is C4H7BN2S. The molecule has 0 aromatic carbocycles. The smallest absolute Gasteiger partial charge is 0.153 e. The van der Waals surface area contributed by atoms with Crippen molar-refractivity contribution in [1.29, 1.82) is 0 Å². The Labute approximate surface area is 55.0 Å². The molecule has 42 valence electrons. The summed E-state index contributed by atoms with van der Waals surface area (Å²) < 4.78 is 3.47. The number of hydrogen-bond donors (Lipinski definition) is 0. The largest absolute Gasteiger partial charge is 0.293 e. The van der Waals surface area contributed by atoms with E-state index in [1.165, 1.54) is 0 Å². The second kappa shape index (κ2) is 4.90. The Bertz CT molecular complexity index is 102. The summed E-state index contributed by atoms with van der Waals surface area (Å²) in [5.74, 6) is 0. The summed E-state index contributed by atoms with van der Waals surface area (Å²) >= 11 is 1.10. The van der Waals surface area contributed by atoms with E-state index in [0.717, 1.165) is 11.9 Å². The van der Waals surface area contributed by atoms with Gasteiger partial charge in [-0.15, -0.1) is 0 Å². The summed E-state index contributed by atoms with van der Waals surface area (Å²) in [4.78, 5) is 4.31. The van der Waals surface area contributed by atoms with E-state index in [9.17, 15) is 0 Å². The van der Waals surface area contributed by atoms with E-state index >= 15 is 0 Å². The van der Waals surface area contributed by atoms with E-state index in [1.807, 2.05) is 6.92 Å². The maximum atomic E-state index is 5.27. The van der Waals surface area contributed by atoms with Gasteiger partial charge in [0.15, 0.2) is 7.85 Å². The normalized spacial score (nSPS) is 11.4. The monoisotopic (exact) mass is 126 g/mol. The van der Waals surface area contributed by atoms with Crippen LogP contribution in [0.2, 0.25) is 0 Å². The van der Waals surface area contributed by atoms with Gasteiger partial charge in [-0.1, -0.05) is 0 Å². The zero-order valence-corrected chi connectivity index (χ0v) is 5.61. The second-order valence-electron chi connectivity index (χ2n) is 1.03. The van der Waals surface area contributed by atoms with Crippen LogP contribution in [0.25, 0.3) is 0 Å². The first kappa shape index (κ1) is 7.75. The van der Waals surface area contributed by atoms with Crippen LogP contribution < -0.4 is 0 Å². The minimum absolute atomic E-state index is 0.475. The summed E-state index contributed by atoms with van der Waals surface area (Å²) in [6, 6.07) is 0. The number of nitrogens with zero attached hydrogens (tertiary/aromatic N) is 2. The average molecular weight is 126 g/mol. The van der Waals surface area contributed by atoms with Crippen molar-refractivity contribution in [2.75, 3.05) is 6.54 Å². The molecule has 2 radical (unpaired) electrons. The first-order valence-corrected chi connectivity index (χ1v) is 3.01. The predicted octanol–water partition coefficient (Wildman–Crippen LogP) is 0.880. The van der Waals surface area contributed by atoms with Crippen molar-refractivity contribution in [3.8, 4) is 0 Å². The molecule has 0 saturated heterocycles. The van der Waals surface area contributed by atoms with Crippen LogP contribution in [0, 0.1) is 0 Å². The van der Waals surface area contributed by atoms with Crippen LogP contribution in [-0.2, 0) is 0 Å². The Hall–Kier alpha value is -0.245. The number of rotatable bonds is 2. The van der Waals surface area contributed by atoms with Gasteiger partial charge in [0, 0.05) is 23.4 Å². The van der Waals surface area contributed by atoms with E-state index < -0.39 is 0 Å². The van der Waals surface area contributed by atoms with Crippen LogP contribution in [0.3, 0.4) is 0 Å². The van der Waals surface area contributed by atoms with E-state index in [-0.39, 0.29) is 0 Å². The SMILES string of the molecule is [B]C(=NCC)SN=C. The van der Waals surface area contributed by atoms with Crippen molar-refractivity contribution in [3.63, 3.8) is 0 Å². The molecule has 2 nitrogen and oxygen atoms in total. The van der Waals surface area contributed by atoms with Crippen molar-refractivity contribution in [1.82, 2.24) is 0 Å². The van der Waals surface area contributed by atoms with Crippen molar-refractivity contribution in [2.24, 2.45) is 9.39 Å². The Morgan fingerprint density at radius 1 is 1.88 bits per heavy atom. The van der Waals surface area contributed by atoms with Gasteiger partial charge in [-0.2, -0.15) is 0 Å². The Morgan fingerprint density at radius 3 is 2.88 bits per heavy atom. The van der Waals surface area contributed by atoms with E-state index in [1.54, 1.807) is 0 Å². The molecular weight excluding hydrogens is 119 g/mol. The molecule has 0 N–H and O–H groups in total. The van der Waals surface area contributed by atoms with Crippen LogP contribution in [0.5, 0.6) is 0 Å². The molecule has 0 aliphatic carbocycles. The van der Waals surface area contributed by atoms with Gasteiger partial charge in [-0.05, 0) is 13.6 Å². The van der Waals surface area contributed by atoms with Crippen molar-refractivity contribution < 1.29 is 0 Å². The molecule has 8 heavy (non-hydrogen) atoms. The van der Waals surface area contributed by atoms with Gasteiger partial charge in [0.1, 0.15) is 0 Å². The van der Waals surface area contributed by atoms with Gasteiger partial charge >= 0.3 is 0 Å². The third-order valence-electron chi connectivity index (χ3n) is 0.472. The molecule has 0 heterocycles. The molecule has 4 heteroatoms. The van der Waals surface area contributed by atoms with E-state index in [2.05, 4.69) is 16.1 Å². The van der Waals surface area contributed by atoms with Gasteiger partial charge < -0.3 is 0 Å². The fourth-order valence-corrected chi connectivity index (χ4v) is 0.570. The van der Waals surface area contributed by atoms with Crippen molar-refractivity contribution in [3.05, 3.63) is 0 Å². The average Bonchev–Trinajstić information content (AvgIpc) is 1.68. The highest BCUT2D eigenvalue weighted by Gasteiger charge is 1.82. The van der Waals surface area contributed by atoms with Crippen molar-refractivity contribution >= 4 is 31.5 Å². The summed E-state index contributed by atoms with van der Waals surface area (Å²) in [5.41, 5.74) is 0. The van der Waals surface area contributed by atoms with Gasteiger partial charge in [0.05, 0.1) is 0 Å². The second-order valence-corrected chi connectivity index (χ2v) is 1.89. The van der Waals surface area contributed by atoms with Crippen LogP contribution in [0.4, 0.5) is 0 Å². The highest BCUT2D eigenvalue weighted by atomic mass is 32.2. The molecule has 0 spiro atoms. The van der Waals surface area contributed by atoms with Gasteiger partial charge in [-0.25, -0.2) is 4.40 Å². The molecule has 0 aliphatic rings. The summed E-state index contributed by atoms with van der Waals surface area (Å²) in [7, 11) is 5.27. The lowest BCUT2D eigenvalue weighted by Gasteiger charge is -1.88. The summed E-state index contributed by atoms with van der Waals surface area (Å²) in [5, 5.41) is 0. The highest BCUT2D eigenvalue weighted by Crippen LogP contribution is 1.99. The molecule has 0 aromatic heterocycles. The first-order chi connectivity index (χ1) is 3.81. The van der Waals surface area contributed by atoms with Crippen molar-refractivity contribution in [2.45, 2.75) is 6.92 Å². The quantitative estimate of drug-likeness (QED) is 0.233. The standard InChI is InChI=1S/C4H7BN2S/c1-3-7-4(5)8-6-2/h2-3H2,1H3. The maximum absolute atomic E-state index is 5.27. The molecule has 0 amide bonds. The molecule has 0 rings (SSSR count). The fourth-order valence-electron chi connectivity index (χ4n) is 0.251. The summed E-state index contributed by atoms with van der Waals surface area (Å²) in [6.45, 7) is 5.85.